The molecule has 0 amide bonds. The Morgan fingerprint density at radius 3 is 1.80 bits per heavy atom. The van der Waals surface area contributed by atoms with Gasteiger partial charge >= 0.3 is 23.9 Å². The molecule has 1 saturated heterocycles. The highest BCUT2D eigenvalue weighted by molar-refractivity contribution is 6.27. The van der Waals surface area contributed by atoms with E-state index in [1.807, 2.05) is 0 Å². The first-order valence-corrected chi connectivity index (χ1v) is 13.4. The van der Waals surface area contributed by atoms with Gasteiger partial charge in [0.15, 0.2) is 0 Å². The number of nitrogens with zero attached hydrogens (tertiary/aromatic N) is 2. The molecule has 0 aromatic heterocycles. The van der Waals surface area contributed by atoms with Gasteiger partial charge < -0.3 is 35.4 Å². The number of carboxylic acid groups (broad SMARTS) is 4. The first-order chi connectivity index (χ1) is 19.5. The van der Waals surface area contributed by atoms with Crippen molar-refractivity contribution in [2.75, 3.05) is 51.2 Å². The molecule has 0 spiro atoms. The van der Waals surface area contributed by atoms with E-state index in [1.54, 1.807) is 0 Å². The van der Waals surface area contributed by atoms with Gasteiger partial charge in [0.2, 0.25) is 0 Å². The molecule has 2 aromatic carbocycles. The molecule has 5 N–H and O–H groups in total. The average Bonchev–Trinajstić information content (AvgIpc) is 2.95. The molecule has 12 nitrogen and oxygen atoms in total. The fraction of sp³-hybridized carbons (Fsp3) is 0.448. The van der Waals surface area contributed by atoms with E-state index in [-0.39, 0.29) is 0 Å². The van der Waals surface area contributed by atoms with Crippen molar-refractivity contribution in [1.29, 1.82) is 0 Å². The summed E-state index contributed by atoms with van der Waals surface area (Å²) >= 11 is 0. The molecular formula is C29H41N3O9. The molecule has 3 rings (SSSR count). The van der Waals surface area contributed by atoms with Crippen molar-refractivity contribution in [1.82, 2.24) is 9.80 Å². The van der Waals surface area contributed by atoms with Gasteiger partial charge in [-0.05, 0) is 49.6 Å². The lowest BCUT2D eigenvalue weighted by Crippen LogP contribution is -2.49. The van der Waals surface area contributed by atoms with Crippen LogP contribution in [-0.2, 0) is 25.6 Å². The van der Waals surface area contributed by atoms with Gasteiger partial charge in [0, 0.05) is 51.0 Å². The Labute approximate surface area is 240 Å². The fourth-order valence-corrected chi connectivity index (χ4v) is 3.83. The molecule has 12 heteroatoms. The van der Waals surface area contributed by atoms with E-state index in [2.05, 4.69) is 83.6 Å². The van der Waals surface area contributed by atoms with Crippen molar-refractivity contribution in [3.8, 4) is 5.75 Å². The van der Waals surface area contributed by atoms with Crippen LogP contribution in [0.4, 0.5) is 5.69 Å². The van der Waals surface area contributed by atoms with Crippen LogP contribution in [0.15, 0.2) is 54.6 Å². The average molecular weight is 576 g/mol. The van der Waals surface area contributed by atoms with Gasteiger partial charge in [-0.2, -0.15) is 0 Å². The molecular weight excluding hydrogens is 534 g/mol. The van der Waals surface area contributed by atoms with Gasteiger partial charge in [0.25, 0.3) is 0 Å². The summed E-state index contributed by atoms with van der Waals surface area (Å²) in [5.74, 6) is -6.33. The second-order valence-electron chi connectivity index (χ2n) is 9.37. The van der Waals surface area contributed by atoms with Crippen molar-refractivity contribution in [3.63, 3.8) is 0 Å². The molecule has 1 aliphatic heterocycles. The first-order valence-electron chi connectivity index (χ1n) is 13.4. The first kappa shape index (κ1) is 34.9. The molecule has 0 bridgehead atoms. The van der Waals surface area contributed by atoms with Crippen molar-refractivity contribution in [2.24, 2.45) is 0 Å². The molecule has 1 heterocycles. The Bertz CT molecular complexity index is 1010. The molecule has 1 aliphatic rings. The summed E-state index contributed by atoms with van der Waals surface area (Å²) in [7, 11) is 0. The lowest BCUT2D eigenvalue weighted by Gasteiger charge is -2.36. The van der Waals surface area contributed by atoms with Crippen LogP contribution in [0.1, 0.15) is 32.3 Å². The minimum atomic E-state index is -1.82. The number of hydrogen-bond acceptors (Lipinski definition) is 8. The van der Waals surface area contributed by atoms with E-state index in [4.69, 9.17) is 44.3 Å². The number of rotatable bonds is 11. The zero-order chi connectivity index (χ0) is 30.6. The molecule has 226 valence electrons. The Morgan fingerprint density at radius 2 is 1.32 bits per heavy atom. The lowest BCUT2D eigenvalue weighted by molar-refractivity contribution is -0.159. The molecule has 0 radical (unpaired) electrons. The molecule has 1 unspecified atom stereocenters. The summed E-state index contributed by atoms with van der Waals surface area (Å²) in [6.45, 7) is 12.2. The van der Waals surface area contributed by atoms with Gasteiger partial charge in [0.1, 0.15) is 5.75 Å². The molecule has 1 atom stereocenters. The van der Waals surface area contributed by atoms with Gasteiger partial charge in [-0.25, -0.2) is 19.2 Å². The van der Waals surface area contributed by atoms with Crippen molar-refractivity contribution in [3.05, 3.63) is 60.2 Å². The van der Waals surface area contributed by atoms with E-state index in [0.717, 1.165) is 44.8 Å². The van der Waals surface area contributed by atoms with Crippen LogP contribution in [0.25, 0.3) is 0 Å². The lowest BCUT2D eigenvalue weighted by atomic mass is 10.1. The highest BCUT2D eigenvalue weighted by atomic mass is 16.5. The van der Waals surface area contributed by atoms with Crippen LogP contribution in [0.5, 0.6) is 5.75 Å². The van der Waals surface area contributed by atoms with Crippen LogP contribution in [0, 0.1) is 0 Å². The van der Waals surface area contributed by atoms with Gasteiger partial charge in [-0.3, -0.25) is 4.90 Å². The smallest absolute Gasteiger partial charge is 0.414 e. The zero-order valence-electron chi connectivity index (χ0n) is 23.6. The zero-order valence-corrected chi connectivity index (χ0v) is 23.6. The normalized spacial score (nSPS) is 13.8. The molecule has 41 heavy (non-hydrogen) atoms. The van der Waals surface area contributed by atoms with Gasteiger partial charge in [0.05, 0.1) is 6.61 Å². The number of hydrogen-bond donors (Lipinski definition) is 5. The van der Waals surface area contributed by atoms with E-state index < -0.39 is 23.9 Å². The maximum atomic E-state index is 9.10. The largest absolute Gasteiger partial charge is 0.494 e. The number of piperazine rings is 1. The number of aliphatic carboxylic acids is 4. The van der Waals surface area contributed by atoms with Crippen molar-refractivity contribution < 1.29 is 44.3 Å². The number of nitrogens with one attached hydrogen (secondary N) is 1. The van der Waals surface area contributed by atoms with E-state index in [0.29, 0.717) is 6.04 Å². The number of unbranched alkanes of at least 4 members (excludes halogenated alkanes) is 1. The Morgan fingerprint density at radius 1 is 0.805 bits per heavy atom. The highest BCUT2D eigenvalue weighted by Crippen LogP contribution is 2.17. The number of carbonyl (C=O) groups is 4. The number of carboxylic acids is 4. The summed E-state index contributed by atoms with van der Waals surface area (Å²) in [5, 5.41) is 33.2. The van der Waals surface area contributed by atoms with Gasteiger partial charge in [-0.1, -0.05) is 43.7 Å². The van der Waals surface area contributed by atoms with Crippen LogP contribution in [0.2, 0.25) is 0 Å². The third-order valence-corrected chi connectivity index (χ3v) is 5.96. The highest BCUT2D eigenvalue weighted by Gasteiger charge is 2.18. The van der Waals surface area contributed by atoms with Crippen molar-refractivity contribution in [2.45, 2.75) is 39.2 Å². The fourth-order valence-electron chi connectivity index (χ4n) is 3.83. The van der Waals surface area contributed by atoms with E-state index in [9.17, 15) is 0 Å². The molecule has 1 fully saturated rings. The second-order valence-corrected chi connectivity index (χ2v) is 9.37. The third-order valence-electron chi connectivity index (χ3n) is 5.96. The number of benzene rings is 2. The maximum Gasteiger partial charge on any atom is 0.414 e. The minimum absolute atomic E-state index is 0.428. The summed E-state index contributed by atoms with van der Waals surface area (Å²) in [6, 6.07) is 19.6. The van der Waals surface area contributed by atoms with E-state index >= 15 is 0 Å². The second kappa shape index (κ2) is 19.8. The number of ether oxygens (including phenoxy) is 1. The minimum Gasteiger partial charge on any atom is -0.494 e. The maximum absolute atomic E-state index is 9.10. The topological polar surface area (TPSA) is 177 Å². The molecule has 0 aliphatic carbocycles. The van der Waals surface area contributed by atoms with Gasteiger partial charge in [-0.15, -0.1) is 0 Å². The molecule has 0 saturated carbocycles. The monoisotopic (exact) mass is 575 g/mol. The van der Waals surface area contributed by atoms with Crippen LogP contribution in [-0.4, -0.2) is 106 Å². The molecule has 2 aromatic rings. The Kier molecular flexibility index (Phi) is 16.9. The quantitative estimate of drug-likeness (QED) is 0.196. The van der Waals surface area contributed by atoms with Crippen molar-refractivity contribution >= 4 is 29.6 Å². The third kappa shape index (κ3) is 16.5. The Hall–Kier alpha value is -4.16. The van der Waals surface area contributed by atoms with Crippen LogP contribution >= 0.6 is 0 Å². The van der Waals surface area contributed by atoms with Crippen LogP contribution < -0.4 is 10.1 Å². The summed E-state index contributed by atoms with van der Waals surface area (Å²) < 4.78 is 5.75. The summed E-state index contributed by atoms with van der Waals surface area (Å²) in [4.78, 5) is 41.6. The Balaban J connectivity index is 0.000000588. The summed E-state index contributed by atoms with van der Waals surface area (Å²) in [6.07, 6.45) is 3.42. The van der Waals surface area contributed by atoms with E-state index in [1.165, 1.54) is 37.3 Å². The predicted octanol–water partition coefficient (Wildman–Crippen LogP) is 2.84. The predicted molar refractivity (Wildman–Crippen MR) is 153 cm³/mol. The standard InChI is InChI=1S/C25H37N3O.2C2H2O4/c1-3-4-20-29-25-12-10-24(11-13-25)26-22(2)21-28-18-16-27(17-19-28)15-14-23-8-6-5-7-9-23;2*3-1(4)2(5)6/h5-13,22,26H,3-4,14-21H2,1-2H3;2*(H,3,4)(H,5,6). The number of anilines is 1. The summed E-state index contributed by atoms with van der Waals surface area (Å²) in [5.41, 5.74) is 2.61. The SMILES string of the molecule is CCCCOc1ccc(NC(C)CN2CCN(CCc3ccccc3)CC2)cc1.O=C(O)C(=O)O.O=C(O)C(=O)O. The van der Waals surface area contributed by atoms with Crippen LogP contribution in [0.3, 0.4) is 0 Å².